The molecule has 0 saturated carbocycles. The maximum atomic E-state index is 12.8. The van der Waals surface area contributed by atoms with Crippen molar-refractivity contribution in [3.8, 4) is 0 Å². The molecule has 1 aliphatic rings. The summed E-state index contributed by atoms with van der Waals surface area (Å²) in [4.78, 5) is 26.0. The summed E-state index contributed by atoms with van der Waals surface area (Å²) in [7, 11) is -3.57. The zero-order chi connectivity index (χ0) is 24.8. The van der Waals surface area contributed by atoms with Gasteiger partial charge in [-0.3, -0.25) is 4.79 Å². The lowest BCUT2D eigenvalue weighted by atomic mass is 10.2. The number of anilines is 3. The van der Waals surface area contributed by atoms with Crippen molar-refractivity contribution in [2.45, 2.75) is 18.7 Å². The van der Waals surface area contributed by atoms with Gasteiger partial charge in [-0.15, -0.1) is 0 Å². The van der Waals surface area contributed by atoms with Gasteiger partial charge >= 0.3 is 0 Å². The van der Waals surface area contributed by atoms with Crippen LogP contribution < -0.4 is 15.1 Å². The molecule has 9 nitrogen and oxygen atoms in total. The van der Waals surface area contributed by atoms with Gasteiger partial charge in [0, 0.05) is 56.6 Å². The summed E-state index contributed by atoms with van der Waals surface area (Å²) in [6.07, 6.45) is 1.44. The lowest BCUT2D eigenvalue weighted by molar-refractivity contribution is 0.102. The van der Waals surface area contributed by atoms with Crippen molar-refractivity contribution >= 4 is 33.3 Å². The topological polar surface area (TPSA) is 98.7 Å². The molecule has 1 aromatic heterocycles. The number of nitrogens with one attached hydrogen (secondary N) is 1. The van der Waals surface area contributed by atoms with Crippen molar-refractivity contribution < 1.29 is 13.2 Å². The van der Waals surface area contributed by atoms with Gasteiger partial charge in [0.15, 0.2) is 0 Å². The van der Waals surface area contributed by atoms with Crippen LogP contribution in [0.5, 0.6) is 0 Å². The van der Waals surface area contributed by atoms with Crippen LogP contribution in [0.25, 0.3) is 0 Å². The Hall–Kier alpha value is -3.50. The monoisotopic (exact) mass is 494 g/mol. The molecular formula is C25H30N6O3S. The Morgan fingerprint density at radius 1 is 0.914 bits per heavy atom. The van der Waals surface area contributed by atoms with Gasteiger partial charge in [0.1, 0.15) is 18.0 Å². The fourth-order valence-corrected chi connectivity index (χ4v) is 5.56. The summed E-state index contributed by atoms with van der Waals surface area (Å²) >= 11 is 0. The molecule has 0 unspecified atom stereocenters. The second-order valence-corrected chi connectivity index (χ2v) is 10.1. The lowest BCUT2D eigenvalue weighted by Gasteiger charge is -2.36. The van der Waals surface area contributed by atoms with E-state index in [9.17, 15) is 13.2 Å². The van der Waals surface area contributed by atoms with E-state index in [2.05, 4.69) is 37.2 Å². The second kappa shape index (κ2) is 10.8. The van der Waals surface area contributed by atoms with E-state index in [1.807, 2.05) is 18.2 Å². The van der Waals surface area contributed by atoms with E-state index in [1.165, 1.54) is 40.6 Å². The highest BCUT2D eigenvalue weighted by atomic mass is 32.2. The molecule has 2 heterocycles. The normalized spacial score (nSPS) is 14.3. The van der Waals surface area contributed by atoms with Crippen LogP contribution in [-0.4, -0.2) is 67.9 Å². The highest BCUT2D eigenvalue weighted by molar-refractivity contribution is 7.89. The molecule has 0 spiro atoms. The number of rotatable bonds is 8. The second-order valence-electron chi connectivity index (χ2n) is 8.14. The molecule has 1 saturated heterocycles. The quantitative estimate of drug-likeness (QED) is 0.514. The predicted molar refractivity (Wildman–Crippen MR) is 137 cm³/mol. The van der Waals surface area contributed by atoms with Crippen molar-refractivity contribution in [3.05, 3.63) is 72.6 Å². The van der Waals surface area contributed by atoms with Crippen LogP contribution in [0.4, 0.5) is 17.3 Å². The van der Waals surface area contributed by atoms with Gasteiger partial charge in [-0.05, 0) is 36.4 Å². The smallest absolute Gasteiger partial charge is 0.256 e. The van der Waals surface area contributed by atoms with E-state index in [0.29, 0.717) is 24.5 Å². The molecule has 0 radical (unpaired) electrons. The minimum atomic E-state index is -3.57. The molecule has 35 heavy (non-hydrogen) atoms. The highest BCUT2D eigenvalue weighted by Crippen LogP contribution is 2.21. The average Bonchev–Trinajstić information content (AvgIpc) is 2.90. The van der Waals surface area contributed by atoms with Crippen LogP contribution in [0.2, 0.25) is 0 Å². The van der Waals surface area contributed by atoms with Gasteiger partial charge < -0.3 is 15.1 Å². The molecule has 184 valence electrons. The molecule has 0 atom stereocenters. The van der Waals surface area contributed by atoms with Crippen LogP contribution in [0.15, 0.2) is 71.9 Å². The summed E-state index contributed by atoms with van der Waals surface area (Å²) < 4.78 is 26.7. The Balaban J connectivity index is 1.39. The molecule has 0 bridgehead atoms. The Morgan fingerprint density at radius 2 is 1.54 bits per heavy atom. The molecule has 1 N–H and O–H groups in total. The van der Waals surface area contributed by atoms with Crippen molar-refractivity contribution in [3.63, 3.8) is 0 Å². The maximum Gasteiger partial charge on any atom is 0.256 e. The Bertz CT molecular complexity index is 1240. The number of nitrogens with zero attached hydrogens (tertiary/aromatic N) is 5. The van der Waals surface area contributed by atoms with Gasteiger partial charge in [0.25, 0.3) is 5.91 Å². The number of sulfonamides is 1. The van der Waals surface area contributed by atoms with E-state index in [1.54, 1.807) is 19.9 Å². The molecule has 10 heteroatoms. The van der Waals surface area contributed by atoms with E-state index >= 15 is 0 Å². The fraction of sp³-hybridized carbons (Fsp3) is 0.320. The van der Waals surface area contributed by atoms with Crippen LogP contribution in [0.1, 0.15) is 24.2 Å². The van der Waals surface area contributed by atoms with Crippen molar-refractivity contribution in [2.75, 3.05) is 54.4 Å². The molecule has 1 aliphatic heterocycles. The molecule has 2 aromatic carbocycles. The highest BCUT2D eigenvalue weighted by Gasteiger charge is 2.22. The van der Waals surface area contributed by atoms with Gasteiger partial charge in [0.05, 0.1) is 4.90 Å². The van der Waals surface area contributed by atoms with E-state index < -0.39 is 10.0 Å². The van der Waals surface area contributed by atoms with Crippen LogP contribution >= 0.6 is 0 Å². The SMILES string of the molecule is CCN(CC)S(=O)(=O)c1ccc(C(=O)Nc2cc(N3CCN(c4ccccc4)CC3)ncn2)cc1. The number of para-hydroxylation sites is 1. The van der Waals surface area contributed by atoms with Crippen LogP contribution in [-0.2, 0) is 10.0 Å². The molecule has 3 aromatic rings. The van der Waals surface area contributed by atoms with E-state index in [0.717, 1.165) is 32.0 Å². The lowest BCUT2D eigenvalue weighted by Crippen LogP contribution is -2.46. The summed E-state index contributed by atoms with van der Waals surface area (Å²) in [6.45, 7) is 7.72. The van der Waals surface area contributed by atoms with Crippen molar-refractivity contribution in [2.24, 2.45) is 0 Å². The molecular weight excluding hydrogens is 464 g/mol. The third-order valence-electron chi connectivity index (χ3n) is 6.08. The zero-order valence-corrected chi connectivity index (χ0v) is 20.8. The summed E-state index contributed by atoms with van der Waals surface area (Å²) in [5.41, 5.74) is 1.55. The Kier molecular flexibility index (Phi) is 7.62. The third-order valence-corrected chi connectivity index (χ3v) is 8.14. The minimum absolute atomic E-state index is 0.164. The first kappa shape index (κ1) is 24.6. The van der Waals surface area contributed by atoms with Gasteiger partial charge in [-0.25, -0.2) is 18.4 Å². The first-order chi connectivity index (χ1) is 16.9. The van der Waals surface area contributed by atoms with Gasteiger partial charge in [0.2, 0.25) is 10.0 Å². The summed E-state index contributed by atoms with van der Waals surface area (Å²) in [5.74, 6) is 0.782. The van der Waals surface area contributed by atoms with Crippen LogP contribution in [0.3, 0.4) is 0 Å². The van der Waals surface area contributed by atoms with E-state index in [-0.39, 0.29) is 10.8 Å². The predicted octanol–water partition coefficient (Wildman–Crippen LogP) is 3.09. The number of hydrogen-bond donors (Lipinski definition) is 1. The number of amides is 1. The maximum absolute atomic E-state index is 12.8. The van der Waals surface area contributed by atoms with E-state index in [4.69, 9.17) is 0 Å². The minimum Gasteiger partial charge on any atom is -0.368 e. The molecule has 1 fully saturated rings. The molecule has 0 aliphatic carbocycles. The van der Waals surface area contributed by atoms with Gasteiger partial charge in [-0.2, -0.15) is 4.31 Å². The molecule has 1 amide bonds. The van der Waals surface area contributed by atoms with Crippen molar-refractivity contribution in [1.29, 1.82) is 0 Å². The summed E-state index contributed by atoms with van der Waals surface area (Å²) in [6, 6.07) is 18.0. The third kappa shape index (κ3) is 5.60. The first-order valence-electron chi connectivity index (χ1n) is 11.7. The number of hydrogen-bond acceptors (Lipinski definition) is 7. The van der Waals surface area contributed by atoms with Crippen LogP contribution in [0, 0.1) is 0 Å². The Morgan fingerprint density at radius 3 is 2.17 bits per heavy atom. The number of carbonyl (C=O) groups excluding carboxylic acids is 1. The zero-order valence-electron chi connectivity index (χ0n) is 20.0. The standard InChI is InChI=1S/C25H30N6O3S/c1-3-31(4-2)35(33,34)22-12-10-20(11-13-22)25(32)28-23-18-24(27-19-26-23)30-16-14-29(15-17-30)21-8-6-5-7-9-21/h5-13,18-19H,3-4,14-17H2,1-2H3,(H,26,27,28,32). The largest absolute Gasteiger partial charge is 0.368 e. The van der Waals surface area contributed by atoms with Gasteiger partial charge in [-0.1, -0.05) is 32.0 Å². The first-order valence-corrected chi connectivity index (χ1v) is 13.1. The summed E-state index contributed by atoms with van der Waals surface area (Å²) in [5, 5.41) is 2.79. The fourth-order valence-electron chi connectivity index (χ4n) is 4.10. The average molecular weight is 495 g/mol. The number of aromatic nitrogens is 2. The van der Waals surface area contributed by atoms with Crippen molar-refractivity contribution in [1.82, 2.24) is 14.3 Å². The number of carbonyl (C=O) groups is 1. The number of benzene rings is 2. The number of piperazine rings is 1. The Labute approximate surface area is 206 Å². The molecule has 4 rings (SSSR count).